The van der Waals surface area contributed by atoms with E-state index < -0.39 is 5.54 Å². The van der Waals surface area contributed by atoms with Crippen molar-refractivity contribution in [1.82, 2.24) is 9.78 Å². The molecule has 0 radical (unpaired) electrons. The molecule has 0 bridgehead atoms. The molecule has 0 saturated carbocycles. The minimum absolute atomic E-state index is 0.245. The highest BCUT2D eigenvalue weighted by molar-refractivity contribution is 5.25. The van der Waals surface area contributed by atoms with Crippen LogP contribution < -0.4 is 5.73 Å². The first-order chi connectivity index (χ1) is 9.42. The molecule has 3 nitrogen and oxygen atoms in total. The minimum Gasteiger partial charge on any atom is -0.321 e. The average Bonchev–Trinajstić information content (AvgIpc) is 2.86. The highest BCUT2D eigenvalue weighted by Gasteiger charge is 2.23. The van der Waals surface area contributed by atoms with Crippen LogP contribution in [-0.4, -0.2) is 9.78 Å². The van der Waals surface area contributed by atoms with Crippen molar-refractivity contribution in [1.29, 1.82) is 0 Å². The molecular formula is C16H22FN3. The van der Waals surface area contributed by atoms with Crippen LogP contribution in [0.5, 0.6) is 0 Å². The van der Waals surface area contributed by atoms with Crippen molar-refractivity contribution in [2.24, 2.45) is 5.73 Å². The summed E-state index contributed by atoms with van der Waals surface area (Å²) in [7, 11) is 0. The maximum absolute atomic E-state index is 13.0. The van der Waals surface area contributed by atoms with Crippen LogP contribution in [0.1, 0.15) is 44.5 Å². The van der Waals surface area contributed by atoms with Gasteiger partial charge in [-0.1, -0.05) is 19.1 Å². The third-order valence-corrected chi connectivity index (χ3v) is 3.76. The SMILES string of the molecule is CCC(C)n1ccc(CC(C)(N)c2ccc(F)cc2)n1. The van der Waals surface area contributed by atoms with E-state index >= 15 is 0 Å². The van der Waals surface area contributed by atoms with Crippen LogP contribution >= 0.6 is 0 Å². The lowest BCUT2D eigenvalue weighted by atomic mass is 9.88. The lowest BCUT2D eigenvalue weighted by Crippen LogP contribution is -2.35. The largest absolute Gasteiger partial charge is 0.321 e. The Morgan fingerprint density at radius 2 is 1.95 bits per heavy atom. The Kier molecular flexibility index (Phi) is 4.23. The molecule has 2 atom stereocenters. The summed E-state index contributed by atoms with van der Waals surface area (Å²) in [5, 5.41) is 4.57. The molecule has 1 heterocycles. The molecule has 0 saturated heterocycles. The first-order valence-electron chi connectivity index (χ1n) is 7.01. The molecule has 2 rings (SSSR count). The Morgan fingerprint density at radius 3 is 2.55 bits per heavy atom. The van der Waals surface area contributed by atoms with Gasteiger partial charge in [-0.25, -0.2) is 4.39 Å². The van der Waals surface area contributed by atoms with E-state index in [4.69, 9.17) is 5.73 Å². The number of aromatic nitrogens is 2. The van der Waals surface area contributed by atoms with Gasteiger partial charge in [-0.05, 0) is 44.0 Å². The van der Waals surface area contributed by atoms with Crippen molar-refractivity contribution in [3.05, 3.63) is 53.6 Å². The van der Waals surface area contributed by atoms with Gasteiger partial charge in [0, 0.05) is 24.2 Å². The second kappa shape index (κ2) is 5.75. The monoisotopic (exact) mass is 275 g/mol. The lowest BCUT2D eigenvalue weighted by Gasteiger charge is -2.24. The van der Waals surface area contributed by atoms with Gasteiger partial charge in [0.2, 0.25) is 0 Å². The molecule has 0 aliphatic rings. The Balaban J connectivity index is 2.15. The maximum Gasteiger partial charge on any atom is 0.123 e. The van der Waals surface area contributed by atoms with E-state index in [1.807, 2.05) is 23.9 Å². The Bertz CT molecular complexity index is 557. The zero-order chi connectivity index (χ0) is 14.8. The van der Waals surface area contributed by atoms with Gasteiger partial charge in [0.15, 0.2) is 0 Å². The number of hydrogen-bond donors (Lipinski definition) is 1. The maximum atomic E-state index is 13.0. The molecule has 20 heavy (non-hydrogen) atoms. The van der Waals surface area contributed by atoms with E-state index in [-0.39, 0.29) is 5.82 Å². The molecule has 0 amide bonds. The second-order valence-corrected chi connectivity index (χ2v) is 5.65. The molecular weight excluding hydrogens is 253 g/mol. The van der Waals surface area contributed by atoms with Gasteiger partial charge >= 0.3 is 0 Å². The normalized spacial score (nSPS) is 15.8. The van der Waals surface area contributed by atoms with Gasteiger partial charge in [-0.2, -0.15) is 5.10 Å². The Labute approximate surface area is 119 Å². The zero-order valence-corrected chi connectivity index (χ0v) is 12.3. The van der Waals surface area contributed by atoms with Crippen LogP contribution in [0.3, 0.4) is 0 Å². The second-order valence-electron chi connectivity index (χ2n) is 5.65. The van der Waals surface area contributed by atoms with Gasteiger partial charge in [0.1, 0.15) is 5.82 Å². The quantitative estimate of drug-likeness (QED) is 0.908. The number of nitrogens with zero attached hydrogens (tertiary/aromatic N) is 2. The molecule has 108 valence electrons. The topological polar surface area (TPSA) is 43.8 Å². The molecule has 0 aliphatic heterocycles. The summed E-state index contributed by atoms with van der Waals surface area (Å²) in [5.74, 6) is -0.245. The fourth-order valence-corrected chi connectivity index (χ4v) is 2.21. The van der Waals surface area contributed by atoms with Crippen LogP contribution in [0.4, 0.5) is 4.39 Å². The zero-order valence-electron chi connectivity index (χ0n) is 12.3. The van der Waals surface area contributed by atoms with E-state index in [1.165, 1.54) is 12.1 Å². The molecule has 0 spiro atoms. The summed E-state index contributed by atoms with van der Waals surface area (Å²) in [6, 6.07) is 8.75. The van der Waals surface area contributed by atoms with Gasteiger partial charge in [0.25, 0.3) is 0 Å². The van der Waals surface area contributed by atoms with Gasteiger partial charge in [-0.15, -0.1) is 0 Å². The molecule has 0 fully saturated rings. The summed E-state index contributed by atoms with van der Waals surface area (Å²) in [4.78, 5) is 0. The first kappa shape index (κ1) is 14.7. The Hall–Kier alpha value is -1.68. The van der Waals surface area contributed by atoms with Crippen LogP contribution in [0.2, 0.25) is 0 Å². The van der Waals surface area contributed by atoms with Crippen molar-refractivity contribution in [2.75, 3.05) is 0 Å². The van der Waals surface area contributed by atoms with E-state index in [1.54, 1.807) is 12.1 Å². The molecule has 0 aliphatic carbocycles. The number of hydrogen-bond acceptors (Lipinski definition) is 2. The molecule has 2 unspecified atom stereocenters. The average molecular weight is 275 g/mol. The van der Waals surface area contributed by atoms with Crippen LogP contribution in [0.25, 0.3) is 0 Å². The number of halogens is 1. The van der Waals surface area contributed by atoms with Gasteiger partial charge < -0.3 is 5.73 Å². The molecule has 1 aromatic carbocycles. The minimum atomic E-state index is -0.553. The summed E-state index contributed by atoms with van der Waals surface area (Å²) in [6.45, 7) is 6.22. The fourth-order valence-electron chi connectivity index (χ4n) is 2.21. The van der Waals surface area contributed by atoms with Crippen molar-refractivity contribution >= 4 is 0 Å². The van der Waals surface area contributed by atoms with E-state index in [9.17, 15) is 4.39 Å². The van der Waals surface area contributed by atoms with Crippen molar-refractivity contribution in [3.63, 3.8) is 0 Å². The summed E-state index contributed by atoms with van der Waals surface area (Å²) >= 11 is 0. The molecule has 2 aromatic rings. The highest BCUT2D eigenvalue weighted by atomic mass is 19.1. The van der Waals surface area contributed by atoms with Gasteiger partial charge in [0.05, 0.1) is 5.69 Å². The third kappa shape index (κ3) is 3.25. The van der Waals surface area contributed by atoms with E-state index in [0.29, 0.717) is 12.5 Å². The van der Waals surface area contributed by atoms with E-state index in [2.05, 4.69) is 18.9 Å². The van der Waals surface area contributed by atoms with E-state index in [0.717, 1.165) is 17.7 Å². The lowest BCUT2D eigenvalue weighted by molar-refractivity contribution is 0.451. The Morgan fingerprint density at radius 1 is 1.30 bits per heavy atom. The number of benzene rings is 1. The van der Waals surface area contributed by atoms with Crippen molar-refractivity contribution in [2.45, 2.75) is 45.2 Å². The summed E-state index contributed by atoms with van der Waals surface area (Å²) in [6.07, 6.45) is 3.66. The van der Waals surface area contributed by atoms with Crippen molar-refractivity contribution in [3.8, 4) is 0 Å². The smallest absolute Gasteiger partial charge is 0.123 e. The summed E-state index contributed by atoms with van der Waals surface area (Å²) < 4.78 is 14.9. The number of nitrogens with two attached hydrogens (primary N) is 1. The van der Waals surface area contributed by atoms with Crippen LogP contribution in [0, 0.1) is 5.82 Å². The predicted octanol–water partition coefficient (Wildman–Crippen LogP) is 3.41. The van der Waals surface area contributed by atoms with Crippen LogP contribution in [-0.2, 0) is 12.0 Å². The third-order valence-electron chi connectivity index (χ3n) is 3.76. The molecule has 1 aromatic heterocycles. The standard InChI is InChI=1S/C16H22FN3/c1-4-12(2)20-10-9-15(19-20)11-16(3,18)13-5-7-14(17)8-6-13/h5-10,12H,4,11,18H2,1-3H3. The number of rotatable bonds is 5. The molecule has 2 N–H and O–H groups in total. The highest BCUT2D eigenvalue weighted by Crippen LogP contribution is 2.23. The van der Waals surface area contributed by atoms with Gasteiger partial charge in [-0.3, -0.25) is 4.68 Å². The fraction of sp³-hybridized carbons (Fsp3) is 0.438. The predicted molar refractivity (Wildman–Crippen MR) is 78.9 cm³/mol. The van der Waals surface area contributed by atoms with Crippen LogP contribution in [0.15, 0.2) is 36.5 Å². The summed E-state index contributed by atoms with van der Waals surface area (Å²) in [5.41, 5.74) is 7.68. The first-order valence-corrected chi connectivity index (χ1v) is 7.01. The van der Waals surface area contributed by atoms with Crippen molar-refractivity contribution < 1.29 is 4.39 Å². The molecule has 4 heteroatoms.